The normalized spacial score (nSPS) is 20.7. The second kappa shape index (κ2) is 8.61. The number of benzene rings is 1. The summed E-state index contributed by atoms with van der Waals surface area (Å²) >= 11 is 0. The third kappa shape index (κ3) is 4.50. The lowest BCUT2D eigenvalue weighted by Crippen LogP contribution is -2.51. The van der Waals surface area contributed by atoms with E-state index >= 15 is 0 Å². The highest BCUT2D eigenvalue weighted by molar-refractivity contribution is 5.81. The lowest BCUT2D eigenvalue weighted by Gasteiger charge is -2.38. The van der Waals surface area contributed by atoms with E-state index < -0.39 is 0 Å². The molecule has 1 atom stereocenters. The largest absolute Gasteiger partial charge is 0.420 e. The number of piperidine rings is 2. The van der Waals surface area contributed by atoms with Crippen LogP contribution in [0.25, 0.3) is 11.5 Å². The summed E-state index contributed by atoms with van der Waals surface area (Å²) in [5.41, 5.74) is 0.720. The van der Waals surface area contributed by atoms with E-state index in [1.165, 1.54) is 12.1 Å². The number of likely N-dealkylation sites (tertiary alicyclic amines) is 2. The zero-order valence-electron chi connectivity index (χ0n) is 17.2. The molecule has 1 aromatic carbocycles. The van der Waals surface area contributed by atoms with Crippen molar-refractivity contribution in [3.05, 3.63) is 36.0 Å². The summed E-state index contributed by atoms with van der Waals surface area (Å²) in [5, 5.41) is 8.35. The van der Waals surface area contributed by atoms with Gasteiger partial charge in [0.05, 0.1) is 6.04 Å². The van der Waals surface area contributed by atoms with Crippen molar-refractivity contribution in [2.75, 3.05) is 26.2 Å². The van der Waals surface area contributed by atoms with Gasteiger partial charge in [-0.15, -0.1) is 10.2 Å². The van der Waals surface area contributed by atoms with Crippen molar-refractivity contribution < 1.29 is 13.6 Å². The van der Waals surface area contributed by atoms with E-state index in [4.69, 9.17) is 4.42 Å². The maximum Gasteiger partial charge on any atom is 0.247 e. The molecule has 0 saturated carbocycles. The van der Waals surface area contributed by atoms with E-state index in [0.29, 0.717) is 11.8 Å². The van der Waals surface area contributed by atoms with Gasteiger partial charge in [0.15, 0.2) is 0 Å². The number of hydrogen-bond acceptors (Lipinski definition) is 5. The van der Waals surface area contributed by atoms with Gasteiger partial charge in [0.2, 0.25) is 17.7 Å². The Hall–Kier alpha value is -2.28. The van der Waals surface area contributed by atoms with Gasteiger partial charge in [-0.25, -0.2) is 4.39 Å². The van der Waals surface area contributed by atoms with Crippen LogP contribution in [-0.4, -0.2) is 58.1 Å². The third-order valence-corrected chi connectivity index (χ3v) is 6.41. The number of carbonyl (C=O) groups excluding carboxylic acids is 1. The Morgan fingerprint density at radius 2 is 1.72 bits per heavy atom. The third-order valence-electron chi connectivity index (χ3n) is 6.41. The van der Waals surface area contributed by atoms with Crippen molar-refractivity contribution in [1.29, 1.82) is 0 Å². The van der Waals surface area contributed by atoms with Crippen molar-refractivity contribution in [3.8, 4) is 11.5 Å². The molecule has 0 aliphatic carbocycles. The highest BCUT2D eigenvalue weighted by Gasteiger charge is 2.32. The van der Waals surface area contributed by atoms with Gasteiger partial charge in [-0.1, -0.05) is 6.92 Å². The number of rotatable bonds is 4. The van der Waals surface area contributed by atoms with Crippen molar-refractivity contribution in [2.45, 2.75) is 51.5 Å². The molecule has 2 aliphatic heterocycles. The molecule has 156 valence electrons. The average Bonchev–Trinajstić information content (AvgIpc) is 3.24. The molecule has 0 N–H and O–H groups in total. The molecule has 1 amide bonds. The first-order valence-corrected chi connectivity index (χ1v) is 10.6. The lowest BCUT2D eigenvalue weighted by atomic mass is 9.95. The standard InChI is InChI=1S/C22H29FN4O2/c1-15-7-11-27(12-8-15)22(28)16(2)26-13-9-18(10-14-26)21-25-24-20(29-21)17-3-5-19(23)6-4-17/h3-6,15-16,18H,7-14H2,1-2H3. The average molecular weight is 400 g/mol. The van der Waals surface area contributed by atoms with Crippen molar-refractivity contribution in [3.63, 3.8) is 0 Å². The van der Waals surface area contributed by atoms with Gasteiger partial charge in [-0.05, 0) is 75.9 Å². The van der Waals surface area contributed by atoms with E-state index in [9.17, 15) is 9.18 Å². The Bertz CT molecular complexity index is 822. The minimum atomic E-state index is -0.288. The molecule has 2 fully saturated rings. The predicted molar refractivity (Wildman–Crippen MR) is 108 cm³/mol. The quantitative estimate of drug-likeness (QED) is 0.783. The van der Waals surface area contributed by atoms with E-state index in [-0.39, 0.29) is 23.7 Å². The van der Waals surface area contributed by atoms with Crippen LogP contribution in [0, 0.1) is 11.7 Å². The fraction of sp³-hybridized carbons (Fsp3) is 0.591. The molecule has 3 heterocycles. The first-order valence-electron chi connectivity index (χ1n) is 10.6. The zero-order chi connectivity index (χ0) is 20.4. The second-order valence-corrected chi connectivity index (χ2v) is 8.45. The SMILES string of the molecule is CC1CCN(C(=O)C(C)N2CCC(c3nnc(-c4ccc(F)cc4)o3)CC2)CC1. The number of nitrogens with zero attached hydrogens (tertiary/aromatic N) is 4. The molecule has 0 spiro atoms. The van der Waals surface area contributed by atoms with Gasteiger partial charge < -0.3 is 9.32 Å². The van der Waals surface area contributed by atoms with Crippen LogP contribution in [0.5, 0.6) is 0 Å². The van der Waals surface area contributed by atoms with E-state index in [2.05, 4.69) is 22.0 Å². The summed E-state index contributed by atoms with van der Waals surface area (Å²) < 4.78 is 19.0. The maximum atomic E-state index is 13.1. The monoisotopic (exact) mass is 400 g/mol. The highest BCUT2D eigenvalue weighted by Crippen LogP contribution is 2.30. The Kier molecular flexibility index (Phi) is 5.94. The fourth-order valence-electron chi connectivity index (χ4n) is 4.29. The predicted octanol–water partition coefficient (Wildman–Crippen LogP) is 3.70. The zero-order valence-corrected chi connectivity index (χ0v) is 17.2. The molecule has 29 heavy (non-hydrogen) atoms. The van der Waals surface area contributed by atoms with Crippen LogP contribution < -0.4 is 0 Å². The van der Waals surface area contributed by atoms with Crippen LogP contribution in [0.1, 0.15) is 51.3 Å². The summed E-state index contributed by atoms with van der Waals surface area (Å²) in [6.07, 6.45) is 3.99. The highest BCUT2D eigenvalue weighted by atomic mass is 19.1. The number of halogens is 1. The molecule has 6 nitrogen and oxygen atoms in total. The fourth-order valence-corrected chi connectivity index (χ4v) is 4.29. The molecule has 2 aliphatic rings. The van der Waals surface area contributed by atoms with E-state index in [0.717, 1.165) is 63.3 Å². The van der Waals surface area contributed by atoms with E-state index in [1.54, 1.807) is 12.1 Å². The molecule has 4 rings (SSSR count). The van der Waals surface area contributed by atoms with Crippen LogP contribution in [0.2, 0.25) is 0 Å². The van der Waals surface area contributed by atoms with Gasteiger partial charge in [-0.2, -0.15) is 0 Å². The topological polar surface area (TPSA) is 62.5 Å². The summed E-state index contributed by atoms with van der Waals surface area (Å²) in [6, 6.07) is 5.98. The molecule has 0 bridgehead atoms. The number of hydrogen-bond donors (Lipinski definition) is 0. The Morgan fingerprint density at radius 1 is 1.07 bits per heavy atom. The van der Waals surface area contributed by atoms with Crippen LogP contribution in [0.15, 0.2) is 28.7 Å². The molecule has 2 aromatic rings. The first-order chi connectivity index (χ1) is 14.0. The van der Waals surface area contributed by atoms with Crippen LogP contribution in [0.4, 0.5) is 4.39 Å². The van der Waals surface area contributed by atoms with Gasteiger partial charge in [0.25, 0.3) is 0 Å². The minimum Gasteiger partial charge on any atom is -0.420 e. The molecule has 1 aromatic heterocycles. The van der Waals surface area contributed by atoms with Crippen molar-refractivity contribution >= 4 is 5.91 Å². The van der Waals surface area contributed by atoms with Crippen LogP contribution in [-0.2, 0) is 4.79 Å². The van der Waals surface area contributed by atoms with E-state index in [1.807, 2.05) is 11.8 Å². The Balaban J connectivity index is 1.32. The molecule has 0 radical (unpaired) electrons. The molecule has 1 unspecified atom stereocenters. The molecule has 7 heteroatoms. The molecule has 2 saturated heterocycles. The smallest absolute Gasteiger partial charge is 0.247 e. The maximum absolute atomic E-state index is 13.1. The van der Waals surface area contributed by atoms with Crippen LogP contribution in [0.3, 0.4) is 0 Å². The van der Waals surface area contributed by atoms with Gasteiger partial charge >= 0.3 is 0 Å². The lowest BCUT2D eigenvalue weighted by molar-refractivity contribution is -0.138. The number of amides is 1. The number of aromatic nitrogens is 2. The van der Waals surface area contributed by atoms with Gasteiger partial charge in [-0.3, -0.25) is 9.69 Å². The molecular formula is C22H29FN4O2. The summed E-state index contributed by atoms with van der Waals surface area (Å²) in [6.45, 7) is 7.74. The van der Waals surface area contributed by atoms with Crippen molar-refractivity contribution in [2.24, 2.45) is 5.92 Å². The Labute approximate surface area is 171 Å². The number of carbonyl (C=O) groups is 1. The first kappa shape index (κ1) is 20.0. The summed E-state index contributed by atoms with van der Waals surface area (Å²) in [5.74, 6) is 1.94. The summed E-state index contributed by atoms with van der Waals surface area (Å²) in [7, 11) is 0. The minimum absolute atomic E-state index is 0.0817. The van der Waals surface area contributed by atoms with Gasteiger partial charge in [0, 0.05) is 24.6 Å². The summed E-state index contributed by atoms with van der Waals surface area (Å²) in [4.78, 5) is 17.2. The van der Waals surface area contributed by atoms with Gasteiger partial charge in [0.1, 0.15) is 5.82 Å². The van der Waals surface area contributed by atoms with Crippen molar-refractivity contribution in [1.82, 2.24) is 20.0 Å². The second-order valence-electron chi connectivity index (χ2n) is 8.45. The van der Waals surface area contributed by atoms with Crippen LogP contribution >= 0.6 is 0 Å². The Morgan fingerprint density at radius 3 is 2.38 bits per heavy atom. The molecular weight excluding hydrogens is 371 g/mol.